The summed E-state index contributed by atoms with van der Waals surface area (Å²) in [6, 6.07) is 8.26. The van der Waals surface area contributed by atoms with Crippen LogP contribution in [0.5, 0.6) is 0 Å². The number of halogens is 2. The van der Waals surface area contributed by atoms with Crippen LogP contribution in [0.1, 0.15) is 49.5 Å². The first kappa shape index (κ1) is 36.0. The van der Waals surface area contributed by atoms with Crippen LogP contribution in [-0.2, 0) is 30.4 Å². The minimum Gasteiger partial charge on any atom is -0.355 e. The highest BCUT2D eigenvalue weighted by Gasteiger charge is 2.33. The minimum absolute atomic E-state index is 0.00306. The maximum atomic E-state index is 14.4. The van der Waals surface area contributed by atoms with E-state index >= 15 is 0 Å². The van der Waals surface area contributed by atoms with Crippen LogP contribution in [0.25, 0.3) is 0 Å². The lowest BCUT2D eigenvalue weighted by atomic mass is 10.0. The Morgan fingerprint density at radius 2 is 1.67 bits per heavy atom. The Labute approximate surface area is 272 Å². The van der Waals surface area contributed by atoms with Gasteiger partial charge in [0.1, 0.15) is 30.0 Å². The van der Waals surface area contributed by atoms with E-state index in [2.05, 4.69) is 26.6 Å². The first-order valence-electron chi connectivity index (χ1n) is 15.0. The van der Waals surface area contributed by atoms with Crippen LogP contribution in [0.3, 0.4) is 0 Å². The summed E-state index contributed by atoms with van der Waals surface area (Å²) in [5, 5.41) is 12.9. The molecule has 1 aliphatic heterocycles. The average molecular weight is 659 g/mol. The zero-order valence-electron chi connectivity index (χ0n) is 26.2. The monoisotopic (exact) mass is 658 g/mol. The number of hydrogen-bond acceptors (Lipinski definition) is 6. The summed E-state index contributed by atoms with van der Waals surface area (Å²) >= 11 is 6.05. The summed E-state index contributed by atoms with van der Waals surface area (Å²) in [6.07, 6.45) is 0.353. The molecule has 6 amide bonds. The summed E-state index contributed by atoms with van der Waals surface area (Å²) in [5.41, 5.74) is 0.334. The van der Waals surface area contributed by atoms with Gasteiger partial charge in [0.05, 0.1) is 17.1 Å². The van der Waals surface area contributed by atoms with Crippen molar-refractivity contribution in [1.82, 2.24) is 31.5 Å². The van der Waals surface area contributed by atoms with E-state index in [4.69, 9.17) is 11.6 Å². The Hall–Kier alpha value is -4.52. The first-order valence-corrected chi connectivity index (χ1v) is 15.4. The van der Waals surface area contributed by atoms with Gasteiger partial charge in [0, 0.05) is 20.0 Å². The van der Waals surface area contributed by atoms with Crippen molar-refractivity contribution in [2.24, 2.45) is 5.92 Å². The number of carbonyl (C=O) groups excluding carboxylic acids is 6. The van der Waals surface area contributed by atoms with Crippen molar-refractivity contribution >= 4 is 47.0 Å². The highest BCUT2D eigenvalue weighted by Crippen LogP contribution is 2.19. The first-order chi connectivity index (χ1) is 21.8. The molecule has 0 spiro atoms. The summed E-state index contributed by atoms with van der Waals surface area (Å²) in [4.78, 5) is 80.3. The van der Waals surface area contributed by atoms with Gasteiger partial charge in [-0.1, -0.05) is 61.8 Å². The number of nitrogens with zero attached hydrogens (tertiary/aromatic N) is 1. The van der Waals surface area contributed by atoms with Crippen LogP contribution >= 0.6 is 11.6 Å². The minimum atomic E-state index is -1.24. The molecule has 14 heteroatoms. The number of rotatable bonds is 5. The molecule has 0 unspecified atom stereocenters. The van der Waals surface area contributed by atoms with Gasteiger partial charge in [0.25, 0.3) is 5.91 Å². The molecule has 0 radical (unpaired) electrons. The fraction of sp³-hybridized carbons (Fsp3) is 0.438. The van der Waals surface area contributed by atoms with Crippen molar-refractivity contribution in [2.45, 2.75) is 64.2 Å². The molecule has 0 bridgehead atoms. The SMILES string of the molecule is CC(C)[C@H]1NC(=O)[C@@H](NC(=O)c2c(F)cccc2Cl)CCCNC(=O)CN(C)C(=O)[C@H](Cc2ccccc2)NC(=O)[C@@H](C)NC1=O. The topological polar surface area (TPSA) is 166 Å². The Morgan fingerprint density at radius 3 is 2.33 bits per heavy atom. The number of likely N-dealkylation sites (N-methyl/N-ethyl adjacent to an activating group) is 1. The maximum absolute atomic E-state index is 14.4. The van der Waals surface area contributed by atoms with E-state index in [0.29, 0.717) is 0 Å². The van der Waals surface area contributed by atoms with Gasteiger partial charge in [-0.3, -0.25) is 28.8 Å². The standard InChI is InChI=1S/C32H40ClFN6O6/c1-18(2)27-31(45)36-19(3)28(42)38-24(16-20-10-6-5-7-11-20)32(46)40(4)17-25(41)35-15-9-14-23(29(43)39-27)37-30(44)26-21(33)12-8-13-22(26)34/h5-8,10-13,18-19,23-24,27H,9,14-17H2,1-4H3,(H,35,41)(H,36,45)(H,37,44)(H,38,42)(H,39,43)/t19-,23+,24+,27-/m1/s1. The molecule has 2 aromatic carbocycles. The van der Waals surface area contributed by atoms with E-state index in [-0.39, 0.29) is 37.4 Å². The lowest BCUT2D eigenvalue weighted by molar-refractivity contribution is -0.139. The van der Waals surface area contributed by atoms with Gasteiger partial charge in [-0.25, -0.2) is 4.39 Å². The Morgan fingerprint density at radius 1 is 0.978 bits per heavy atom. The Bertz CT molecular complexity index is 1420. The van der Waals surface area contributed by atoms with Crippen LogP contribution in [0.15, 0.2) is 48.5 Å². The van der Waals surface area contributed by atoms with Crippen molar-refractivity contribution in [2.75, 3.05) is 20.1 Å². The number of benzene rings is 2. The second-order valence-corrected chi connectivity index (χ2v) is 11.9. The Kier molecular flexibility index (Phi) is 13.0. The Balaban J connectivity index is 1.87. The third kappa shape index (κ3) is 9.99. The third-order valence-electron chi connectivity index (χ3n) is 7.46. The van der Waals surface area contributed by atoms with E-state index in [1.54, 1.807) is 38.1 Å². The number of nitrogens with one attached hydrogen (secondary N) is 5. The van der Waals surface area contributed by atoms with Gasteiger partial charge >= 0.3 is 0 Å². The van der Waals surface area contributed by atoms with E-state index in [1.807, 2.05) is 6.07 Å². The average Bonchev–Trinajstić information content (AvgIpc) is 3.00. The molecule has 1 saturated heterocycles. The summed E-state index contributed by atoms with van der Waals surface area (Å²) in [6.45, 7) is 4.58. The molecule has 0 saturated carbocycles. The number of hydrogen-bond donors (Lipinski definition) is 5. The van der Waals surface area contributed by atoms with Gasteiger partial charge in [0.2, 0.25) is 29.5 Å². The zero-order chi connectivity index (χ0) is 34.0. The molecule has 4 atom stereocenters. The lowest BCUT2D eigenvalue weighted by Crippen LogP contribution is -2.59. The quantitative estimate of drug-likeness (QED) is 0.325. The van der Waals surface area contributed by atoms with Crippen LogP contribution in [0.2, 0.25) is 5.02 Å². The summed E-state index contributed by atoms with van der Waals surface area (Å²) in [5.74, 6) is -5.29. The molecule has 3 rings (SSSR count). The fourth-order valence-corrected chi connectivity index (χ4v) is 5.12. The molecular formula is C32H40ClFN6O6. The van der Waals surface area contributed by atoms with Crippen LogP contribution in [0, 0.1) is 11.7 Å². The normalized spacial score (nSPS) is 22.6. The molecule has 2 aromatic rings. The predicted octanol–water partition coefficient (Wildman–Crippen LogP) is 1.32. The summed E-state index contributed by atoms with van der Waals surface area (Å²) in [7, 11) is 1.44. The van der Waals surface area contributed by atoms with Gasteiger partial charge in [-0.05, 0) is 43.4 Å². The van der Waals surface area contributed by atoms with Crippen LogP contribution in [0.4, 0.5) is 4.39 Å². The third-order valence-corrected chi connectivity index (χ3v) is 7.77. The number of amides is 6. The van der Waals surface area contributed by atoms with Crippen LogP contribution < -0.4 is 26.6 Å². The molecule has 12 nitrogen and oxygen atoms in total. The van der Waals surface area contributed by atoms with Crippen molar-refractivity contribution in [3.8, 4) is 0 Å². The van der Waals surface area contributed by atoms with Crippen molar-refractivity contribution in [1.29, 1.82) is 0 Å². The van der Waals surface area contributed by atoms with Gasteiger partial charge in [-0.15, -0.1) is 0 Å². The number of carbonyl (C=O) groups is 6. The molecule has 248 valence electrons. The predicted molar refractivity (Wildman–Crippen MR) is 169 cm³/mol. The molecule has 1 aliphatic rings. The van der Waals surface area contributed by atoms with Gasteiger partial charge in [0.15, 0.2) is 0 Å². The van der Waals surface area contributed by atoms with Gasteiger partial charge < -0.3 is 31.5 Å². The summed E-state index contributed by atoms with van der Waals surface area (Å²) < 4.78 is 14.4. The lowest BCUT2D eigenvalue weighted by Gasteiger charge is -2.28. The molecule has 46 heavy (non-hydrogen) atoms. The van der Waals surface area contributed by atoms with Crippen molar-refractivity contribution in [3.05, 3.63) is 70.5 Å². The highest BCUT2D eigenvalue weighted by molar-refractivity contribution is 6.33. The van der Waals surface area contributed by atoms with Gasteiger partial charge in [-0.2, -0.15) is 0 Å². The second kappa shape index (κ2) is 16.7. The molecule has 0 aromatic heterocycles. The maximum Gasteiger partial charge on any atom is 0.256 e. The largest absolute Gasteiger partial charge is 0.355 e. The molecule has 1 fully saturated rings. The van der Waals surface area contributed by atoms with E-state index in [9.17, 15) is 33.2 Å². The molecule has 1 heterocycles. The van der Waals surface area contributed by atoms with Crippen molar-refractivity contribution in [3.63, 3.8) is 0 Å². The smallest absolute Gasteiger partial charge is 0.256 e. The zero-order valence-corrected chi connectivity index (χ0v) is 26.9. The van der Waals surface area contributed by atoms with Crippen LogP contribution in [-0.4, -0.2) is 84.6 Å². The fourth-order valence-electron chi connectivity index (χ4n) is 4.87. The van der Waals surface area contributed by atoms with E-state index in [1.165, 1.54) is 31.0 Å². The van der Waals surface area contributed by atoms with E-state index < -0.39 is 76.9 Å². The van der Waals surface area contributed by atoms with Crippen molar-refractivity contribution < 1.29 is 33.2 Å². The second-order valence-electron chi connectivity index (χ2n) is 11.5. The highest BCUT2D eigenvalue weighted by atomic mass is 35.5. The molecular weight excluding hydrogens is 619 g/mol. The molecule has 0 aliphatic carbocycles. The van der Waals surface area contributed by atoms with E-state index in [0.717, 1.165) is 11.6 Å². The molecule has 5 N–H and O–H groups in total.